The van der Waals surface area contributed by atoms with Crippen LogP contribution in [0.15, 0.2) is 78.9 Å². The molecule has 1 atom stereocenters. The van der Waals surface area contributed by atoms with Crippen molar-refractivity contribution >= 4 is 11.6 Å². The highest BCUT2D eigenvalue weighted by atomic mass is 16.5. The van der Waals surface area contributed by atoms with Crippen molar-refractivity contribution in [3.63, 3.8) is 0 Å². The van der Waals surface area contributed by atoms with Gasteiger partial charge in [0.15, 0.2) is 0 Å². The standard InChI is InChI=1S/C28H29NO2/c1-3-9-22(10-4-1)26-21-24-11-5-6-12-27(24)31-28(26)23-13-15-25(16-14-23)30-20-19-29-17-7-2-8-18-29/h1,3-6,9-16,21,28H,2,7-8,17-20H2/t28-/m1/s1. The minimum Gasteiger partial charge on any atom is -0.492 e. The molecule has 0 unspecified atom stereocenters. The molecule has 158 valence electrons. The van der Waals surface area contributed by atoms with Gasteiger partial charge in [-0.25, -0.2) is 0 Å². The lowest BCUT2D eigenvalue weighted by Crippen LogP contribution is -2.33. The van der Waals surface area contributed by atoms with Crippen molar-refractivity contribution in [2.75, 3.05) is 26.2 Å². The van der Waals surface area contributed by atoms with E-state index in [1.165, 1.54) is 43.5 Å². The van der Waals surface area contributed by atoms with Crippen molar-refractivity contribution in [2.45, 2.75) is 25.4 Å². The smallest absolute Gasteiger partial charge is 0.149 e. The molecule has 0 amide bonds. The van der Waals surface area contributed by atoms with E-state index >= 15 is 0 Å². The summed E-state index contributed by atoms with van der Waals surface area (Å²) in [5.74, 6) is 1.84. The molecular weight excluding hydrogens is 382 g/mol. The lowest BCUT2D eigenvalue weighted by Gasteiger charge is -2.28. The van der Waals surface area contributed by atoms with Gasteiger partial charge in [0, 0.05) is 17.7 Å². The van der Waals surface area contributed by atoms with Crippen LogP contribution in [0.3, 0.4) is 0 Å². The maximum Gasteiger partial charge on any atom is 0.149 e. The number of para-hydroxylation sites is 1. The summed E-state index contributed by atoms with van der Waals surface area (Å²) in [5.41, 5.74) is 4.62. The number of hydrogen-bond acceptors (Lipinski definition) is 3. The van der Waals surface area contributed by atoms with Crippen molar-refractivity contribution in [2.24, 2.45) is 0 Å². The normalized spacial score (nSPS) is 18.6. The molecule has 0 aliphatic carbocycles. The number of likely N-dealkylation sites (tertiary alicyclic amines) is 1. The van der Waals surface area contributed by atoms with E-state index in [9.17, 15) is 0 Å². The summed E-state index contributed by atoms with van der Waals surface area (Å²) in [6.45, 7) is 4.15. The highest BCUT2D eigenvalue weighted by Crippen LogP contribution is 2.42. The van der Waals surface area contributed by atoms with Gasteiger partial charge in [-0.1, -0.05) is 67.1 Å². The maximum absolute atomic E-state index is 6.47. The molecule has 2 aliphatic heterocycles. The first-order valence-corrected chi connectivity index (χ1v) is 11.3. The largest absolute Gasteiger partial charge is 0.492 e. The summed E-state index contributed by atoms with van der Waals surface area (Å²) in [6.07, 6.45) is 6.11. The van der Waals surface area contributed by atoms with E-state index in [-0.39, 0.29) is 6.10 Å². The molecule has 2 heterocycles. The van der Waals surface area contributed by atoms with Gasteiger partial charge in [0.05, 0.1) is 0 Å². The molecule has 3 nitrogen and oxygen atoms in total. The van der Waals surface area contributed by atoms with Crippen LogP contribution in [0.25, 0.3) is 11.6 Å². The van der Waals surface area contributed by atoms with Crippen LogP contribution in [-0.4, -0.2) is 31.1 Å². The zero-order valence-electron chi connectivity index (χ0n) is 17.9. The summed E-state index contributed by atoms with van der Waals surface area (Å²) in [6, 6.07) is 27.1. The van der Waals surface area contributed by atoms with Gasteiger partial charge < -0.3 is 9.47 Å². The minimum atomic E-state index is -0.139. The third-order valence-corrected chi connectivity index (χ3v) is 6.17. The van der Waals surface area contributed by atoms with Crippen LogP contribution in [-0.2, 0) is 0 Å². The third-order valence-electron chi connectivity index (χ3n) is 6.17. The quantitative estimate of drug-likeness (QED) is 0.480. The van der Waals surface area contributed by atoms with Crippen LogP contribution >= 0.6 is 0 Å². The highest BCUT2D eigenvalue weighted by Gasteiger charge is 2.25. The van der Waals surface area contributed by atoms with Crippen LogP contribution in [0.5, 0.6) is 11.5 Å². The molecule has 0 radical (unpaired) electrons. The Labute approximate surface area is 184 Å². The molecule has 2 aliphatic rings. The fourth-order valence-electron chi connectivity index (χ4n) is 4.47. The molecule has 0 bridgehead atoms. The number of hydrogen-bond donors (Lipinski definition) is 0. The molecule has 31 heavy (non-hydrogen) atoms. The Morgan fingerprint density at radius 2 is 1.55 bits per heavy atom. The predicted molar refractivity (Wildman–Crippen MR) is 126 cm³/mol. The highest BCUT2D eigenvalue weighted by molar-refractivity contribution is 5.87. The Morgan fingerprint density at radius 1 is 0.806 bits per heavy atom. The average Bonchev–Trinajstić information content (AvgIpc) is 2.85. The number of fused-ring (bicyclic) bond motifs is 1. The zero-order chi connectivity index (χ0) is 20.9. The fraction of sp³-hybridized carbons (Fsp3) is 0.286. The second-order valence-electron chi connectivity index (χ2n) is 8.32. The van der Waals surface area contributed by atoms with Crippen molar-refractivity contribution < 1.29 is 9.47 Å². The number of benzene rings is 3. The first-order chi connectivity index (χ1) is 15.4. The van der Waals surface area contributed by atoms with Gasteiger partial charge in [-0.3, -0.25) is 4.90 Å². The first-order valence-electron chi connectivity index (χ1n) is 11.3. The van der Waals surface area contributed by atoms with Crippen LogP contribution in [0.2, 0.25) is 0 Å². The Hall–Kier alpha value is -3.04. The topological polar surface area (TPSA) is 21.7 Å². The summed E-state index contributed by atoms with van der Waals surface area (Å²) < 4.78 is 12.5. The Morgan fingerprint density at radius 3 is 2.35 bits per heavy atom. The molecule has 0 N–H and O–H groups in total. The Kier molecular flexibility index (Phi) is 6.03. The van der Waals surface area contributed by atoms with Crippen molar-refractivity contribution in [1.82, 2.24) is 4.90 Å². The van der Waals surface area contributed by atoms with Gasteiger partial charge in [-0.15, -0.1) is 0 Å². The molecular formula is C28H29NO2. The molecule has 1 fully saturated rings. The molecule has 1 saturated heterocycles. The van der Waals surface area contributed by atoms with Crippen molar-refractivity contribution in [3.05, 3.63) is 95.6 Å². The van der Waals surface area contributed by atoms with Crippen LogP contribution in [0.1, 0.15) is 42.1 Å². The van der Waals surface area contributed by atoms with E-state index in [2.05, 4.69) is 71.6 Å². The lowest BCUT2D eigenvalue weighted by molar-refractivity contribution is 0.183. The molecule has 0 spiro atoms. The monoisotopic (exact) mass is 411 g/mol. The number of nitrogens with zero attached hydrogens (tertiary/aromatic N) is 1. The molecule has 3 heteroatoms. The SMILES string of the molecule is C1=C(c2ccccc2)[C@@H](c2ccc(OCCN3CCCCC3)cc2)Oc2ccccc21. The van der Waals surface area contributed by atoms with Crippen molar-refractivity contribution in [1.29, 1.82) is 0 Å². The van der Waals surface area contributed by atoms with Gasteiger partial charge in [-0.2, -0.15) is 0 Å². The maximum atomic E-state index is 6.47. The van der Waals surface area contributed by atoms with Gasteiger partial charge in [0.1, 0.15) is 24.2 Å². The Balaban J connectivity index is 1.32. The van der Waals surface area contributed by atoms with Crippen LogP contribution < -0.4 is 9.47 Å². The third kappa shape index (κ3) is 4.67. The minimum absolute atomic E-state index is 0.139. The first kappa shape index (κ1) is 19.9. The summed E-state index contributed by atoms with van der Waals surface area (Å²) in [5, 5.41) is 0. The van der Waals surface area contributed by atoms with Crippen LogP contribution in [0.4, 0.5) is 0 Å². The van der Waals surface area contributed by atoms with Crippen molar-refractivity contribution in [3.8, 4) is 11.5 Å². The lowest BCUT2D eigenvalue weighted by atomic mass is 9.91. The number of ether oxygens (including phenoxy) is 2. The van der Waals surface area contributed by atoms with Gasteiger partial charge in [0.25, 0.3) is 0 Å². The molecule has 5 rings (SSSR count). The van der Waals surface area contributed by atoms with E-state index < -0.39 is 0 Å². The van der Waals surface area contributed by atoms with Gasteiger partial charge in [0.2, 0.25) is 0 Å². The summed E-state index contributed by atoms with van der Waals surface area (Å²) in [4.78, 5) is 2.50. The summed E-state index contributed by atoms with van der Waals surface area (Å²) in [7, 11) is 0. The zero-order valence-corrected chi connectivity index (χ0v) is 17.9. The van der Waals surface area contributed by atoms with Gasteiger partial charge >= 0.3 is 0 Å². The molecule has 0 saturated carbocycles. The molecule has 3 aromatic carbocycles. The fourth-order valence-corrected chi connectivity index (χ4v) is 4.47. The van der Waals surface area contributed by atoms with Crippen LogP contribution in [0, 0.1) is 0 Å². The van der Waals surface area contributed by atoms with Gasteiger partial charge in [-0.05, 0) is 61.3 Å². The number of piperidine rings is 1. The molecule has 0 aromatic heterocycles. The average molecular weight is 412 g/mol. The second kappa shape index (κ2) is 9.40. The second-order valence-corrected chi connectivity index (χ2v) is 8.32. The summed E-state index contributed by atoms with van der Waals surface area (Å²) >= 11 is 0. The predicted octanol–water partition coefficient (Wildman–Crippen LogP) is 6.23. The molecule has 3 aromatic rings. The van der Waals surface area contributed by atoms with E-state index in [1.807, 2.05) is 18.2 Å². The van der Waals surface area contributed by atoms with E-state index in [4.69, 9.17) is 9.47 Å². The number of rotatable bonds is 6. The van der Waals surface area contributed by atoms with E-state index in [0.717, 1.165) is 35.8 Å². The van der Waals surface area contributed by atoms with E-state index in [0.29, 0.717) is 0 Å². The van der Waals surface area contributed by atoms with E-state index in [1.54, 1.807) is 0 Å². The Bertz CT molecular complexity index is 1020.